The molecule has 0 aromatic heterocycles. The van der Waals surface area contributed by atoms with Gasteiger partial charge in [-0.2, -0.15) is 0 Å². The average molecular weight is 429 g/mol. The largest absolute Gasteiger partial charge is 0.534 e. The summed E-state index contributed by atoms with van der Waals surface area (Å²) in [6, 6.07) is 28.3. The molecule has 0 bridgehead atoms. The molecule has 2 aliphatic carbocycles. The summed E-state index contributed by atoms with van der Waals surface area (Å²) in [5, 5.41) is 12.5. The lowest BCUT2D eigenvalue weighted by molar-refractivity contribution is 0.194. The van der Waals surface area contributed by atoms with E-state index in [0.29, 0.717) is 12.5 Å². The Kier molecular flexibility index (Phi) is 4.87. The summed E-state index contributed by atoms with van der Waals surface area (Å²) in [4.78, 5) is 0. The van der Waals surface area contributed by atoms with Gasteiger partial charge < -0.3 is 9.53 Å². The average Bonchev–Trinajstić information content (AvgIpc) is 3.54. The minimum atomic E-state index is -2.63. The first-order valence-electron chi connectivity index (χ1n) is 11.4. The number of hydrogen-bond donors (Lipinski definition) is 1. The second kappa shape index (κ2) is 7.35. The molecule has 3 aromatic carbocycles. The molecule has 0 heterocycles. The van der Waals surface area contributed by atoms with Gasteiger partial charge in [0.15, 0.2) is 0 Å². The summed E-state index contributed by atoms with van der Waals surface area (Å²) in [6.45, 7) is 7.28. The molecule has 0 aliphatic heterocycles. The van der Waals surface area contributed by atoms with E-state index in [1.54, 1.807) is 0 Å². The molecule has 31 heavy (non-hydrogen) atoms. The van der Waals surface area contributed by atoms with Crippen LogP contribution in [0.25, 0.3) is 0 Å². The van der Waals surface area contributed by atoms with Crippen LogP contribution < -0.4 is 14.8 Å². The molecule has 160 valence electrons. The van der Waals surface area contributed by atoms with Gasteiger partial charge in [-0.15, -0.1) is 0 Å². The summed E-state index contributed by atoms with van der Waals surface area (Å²) < 4.78 is 7.35. The highest BCUT2D eigenvalue weighted by molar-refractivity contribution is 7.00. The van der Waals surface area contributed by atoms with E-state index in [9.17, 15) is 5.11 Å². The van der Waals surface area contributed by atoms with Gasteiger partial charge >= 0.3 is 8.32 Å². The van der Waals surface area contributed by atoms with Crippen molar-refractivity contribution < 1.29 is 9.53 Å². The van der Waals surface area contributed by atoms with Gasteiger partial charge in [-0.1, -0.05) is 93.6 Å². The third-order valence-corrected chi connectivity index (χ3v) is 12.5. The third-order valence-electron chi connectivity index (χ3n) is 7.60. The monoisotopic (exact) mass is 428 g/mol. The first kappa shape index (κ1) is 20.5. The smallest absolute Gasteiger partial charge is 0.319 e. The summed E-state index contributed by atoms with van der Waals surface area (Å²) >= 11 is 0. The lowest BCUT2D eigenvalue weighted by Gasteiger charge is -2.43. The van der Waals surface area contributed by atoms with Crippen LogP contribution in [-0.4, -0.2) is 20.0 Å². The van der Waals surface area contributed by atoms with Crippen LogP contribution in [-0.2, 0) is 6.42 Å². The zero-order valence-electron chi connectivity index (χ0n) is 18.8. The van der Waals surface area contributed by atoms with E-state index in [4.69, 9.17) is 4.43 Å². The fourth-order valence-corrected chi connectivity index (χ4v) is 10.2. The first-order valence-corrected chi connectivity index (χ1v) is 13.3. The van der Waals surface area contributed by atoms with Crippen molar-refractivity contribution >= 4 is 18.7 Å². The van der Waals surface area contributed by atoms with Crippen molar-refractivity contribution in [3.05, 3.63) is 90.0 Å². The molecular formula is C28H32O2Si. The van der Waals surface area contributed by atoms with Gasteiger partial charge in [0, 0.05) is 12.0 Å². The highest BCUT2D eigenvalue weighted by Crippen LogP contribution is 2.65. The quantitative estimate of drug-likeness (QED) is 0.577. The van der Waals surface area contributed by atoms with Crippen molar-refractivity contribution in [2.75, 3.05) is 6.61 Å². The van der Waals surface area contributed by atoms with Crippen molar-refractivity contribution in [3.8, 4) is 5.75 Å². The number of aliphatic hydroxyl groups is 1. The SMILES string of the molecule is CC(C)(C)[Si](Oc1cccc2c1CCC1(CO)CC21)(c1ccccc1)c1ccccc1. The summed E-state index contributed by atoms with van der Waals surface area (Å²) in [5.41, 5.74) is 2.89. The second-order valence-electron chi connectivity index (χ2n) is 10.4. The predicted octanol–water partition coefficient (Wildman–Crippen LogP) is 5.04. The van der Waals surface area contributed by atoms with E-state index in [-0.39, 0.29) is 10.5 Å². The highest BCUT2D eigenvalue weighted by Gasteiger charge is 2.57. The Labute approximate surface area is 187 Å². The lowest BCUT2D eigenvalue weighted by Crippen LogP contribution is -2.69. The molecule has 3 aromatic rings. The van der Waals surface area contributed by atoms with Crippen molar-refractivity contribution in [2.45, 2.75) is 51.0 Å². The van der Waals surface area contributed by atoms with E-state index in [2.05, 4.69) is 99.6 Å². The molecule has 2 atom stereocenters. The second-order valence-corrected chi connectivity index (χ2v) is 14.6. The lowest BCUT2D eigenvalue weighted by atomic mass is 9.84. The summed E-state index contributed by atoms with van der Waals surface area (Å²) in [5.74, 6) is 1.54. The first-order chi connectivity index (χ1) is 14.9. The van der Waals surface area contributed by atoms with Gasteiger partial charge in [0.05, 0.1) is 0 Å². The third kappa shape index (κ3) is 3.18. The van der Waals surface area contributed by atoms with E-state index in [1.165, 1.54) is 21.5 Å². The maximum atomic E-state index is 9.95. The van der Waals surface area contributed by atoms with Crippen molar-refractivity contribution in [3.63, 3.8) is 0 Å². The number of benzene rings is 3. The van der Waals surface area contributed by atoms with Crippen molar-refractivity contribution in [1.82, 2.24) is 0 Å². The van der Waals surface area contributed by atoms with Gasteiger partial charge in [0.25, 0.3) is 0 Å². The Bertz CT molecular complexity index is 1030. The molecule has 1 N–H and O–H groups in total. The maximum Gasteiger partial charge on any atom is 0.319 e. The van der Waals surface area contributed by atoms with Crippen LogP contribution in [0.3, 0.4) is 0 Å². The molecule has 2 unspecified atom stereocenters. The maximum absolute atomic E-state index is 9.95. The highest BCUT2D eigenvalue weighted by atomic mass is 28.4. The van der Waals surface area contributed by atoms with E-state index in [0.717, 1.165) is 25.0 Å². The van der Waals surface area contributed by atoms with Crippen LogP contribution in [0.15, 0.2) is 78.9 Å². The standard InChI is InChI=1S/C28H32O2Si/c1-27(2,3)31(21-11-6-4-7-12-21,22-13-8-5-9-14-22)30-26-16-10-15-23-24(26)17-18-28(20-29)19-25(23)28/h4-16,25,29H,17-20H2,1-3H3. The van der Waals surface area contributed by atoms with Crippen LogP contribution in [0.4, 0.5) is 0 Å². The normalized spacial score (nSPS) is 22.4. The minimum Gasteiger partial charge on any atom is -0.534 e. The minimum absolute atomic E-state index is 0.0540. The van der Waals surface area contributed by atoms with Crippen LogP contribution in [0.1, 0.15) is 50.7 Å². The summed E-state index contributed by atoms with van der Waals surface area (Å²) in [7, 11) is -2.63. The zero-order chi connectivity index (χ0) is 21.7. The van der Waals surface area contributed by atoms with Gasteiger partial charge in [-0.3, -0.25) is 0 Å². The van der Waals surface area contributed by atoms with Crippen LogP contribution >= 0.6 is 0 Å². The molecule has 0 radical (unpaired) electrons. The summed E-state index contributed by atoms with van der Waals surface area (Å²) in [6.07, 6.45) is 3.15. The van der Waals surface area contributed by atoms with Gasteiger partial charge in [0.2, 0.25) is 0 Å². The molecule has 0 spiro atoms. The fourth-order valence-electron chi connectivity index (χ4n) is 5.78. The molecule has 1 saturated carbocycles. The Morgan fingerprint density at radius 1 is 0.903 bits per heavy atom. The van der Waals surface area contributed by atoms with Gasteiger partial charge in [0.1, 0.15) is 5.75 Å². The Hall–Kier alpha value is -2.36. The Morgan fingerprint density at radius 3 is 2.06 bits per heavy atom. The van der Waals surface area contributed by atoms with Crippen LogP contribution in [0.5, 0.6) is 5.75 Å². The van der Waals surface area contributed by atoms with E-state index >= 15 is 0 Å². The van der Waals surface area contributed by atoms with Gasteiger partial charge in [-0.05, 0) is 57.8 Å². The topological polar surface area (TPSA) is 29.5 Å². The zero-order valence-corrected chi connectivity index (χ0v) is 19.8. The van der Waals surface area contributed by atoms with Gasteiger partial charge in [-0.25, -0.2) is 0 Å². The molecule has 2 aliphatic rings. The number of rotatable bonds is 5. The van der Waals surface area contributed by atoms with Crippen molar-refractivity contribution in [1.29, 1.82) is 0 Å². The van der Waals surface area contributed by atoms with Crippen LogP contribution in [0.2, 0.25) is 5.04 Å². The Morgan fingerprint density at radius 2 is 1.52 bits per heavy atom. The molecule has 1 fully saturated rings. The van der Waals surface area contributed by atoms with E-state index < -0.39 is 8.32 Å². The van der Waals surface area contributed by atoms with Crippen LogP contribution in [0, 0.1) is 5.41 Å². The molecule has 5 rings (SSSR count). The van der Waals surface area contributed by atoms with Crippen molar-refractivity contribution in [2.24, 2.45) is 5.41 Å². The molecular weight excluding hydrogens is 396 g/mol. The molecule has 2 nitrogen and oxygen atoms in total. The van der Waals surface area contributed by atoms with E-state index in [1.807, 2.05) is 0 Å². The molecule has 3 heteroatoms. The number of aliphatic hydroxyl groups excluding tert-OH is 1. The number of fused-ring (bicyclic) bond motifs is 3. The Balaban J connectivity index is 1.68. The molecule has 0 saturated heterocycles. The predicted molar refractivity (Wildman–Crippen MR) is 130 cm³/mol. The fraction of sp³-hybridized carbons (Fsp3) is 0.357. The number of hydrogen-bond acceptors (Lipinski definition) is 2. The molecule has 0 amide bonds.